The summed E-state index contributed by atoms with van der Waals surface area (Å²) in [5.41, 5.74) is 5.76. The molecule has 2 N–H and O–H groups in total. The van der Waals surface area contributed by atoms with Crippen LogP contribution in [0.4, 0.5) is 0 Å². The Morgan fingerprint density at radius 3 is 2.00 bits per heavy atom. The van der Waals surface area contributed by atoms with Crippen LogP contribution >= 0.6 is 0 Å². The maximum atomic E-state index is 12.7. The second-order valence-electron chi connectivity index (χ2n) is 5.44. The maximum absolute atomic E-state index is 12.7. The van der Waals surface area contributed by atoms with Crippen LogP contribution in [0.1, 0.15) is 25.4 Å². The Hall–Kier alpha value is -2.01. The summed E-state index contributed by atoms with van der Waals surface area (Å²) in [6.45, 7) is 5.18. The summed E-state index contributed by atoms with van der Waals surface area (Å²) in [6.07, 6.45) is 3.21. The highest BCUT2D eigenvalue weighted by molar-refractivity contribution is 5.79. The number of hydrogen-bond acceptors (Lipinski definition) is 4. The van der Waals surface area contributed by atoms with Crippen molar-refractivity contribution in [3.63, 3.8) is 0 Å². The molecule has 2 aromatic rings. The monoisotopic (exact) mass is 290 g/mol. The Labute approximate surface area is 124 Å². The van der Waals surface area contributed by atoms with Crippen molar-refractivity contribution in [2.45, 2.75) is 26.9 Å². The molecule has 0 aliphatic heterocycles. The van der Waals surface area contributed by atoms with Gasteiger partial charge in [-0.25, -0.2) is 0 Å². The van der Waals surface area contributed by atoms with Crippen LogP contribution in [0.25, 0.3) is 0 Å². The van der Waals surface area contributed by atoms with Gasteiger partial charge in [0.2, 0.25) is 5.91 Å². The molecule has 2 aromatic heterocycles. The Morgan fingerprint density at radius 2 is 1.67 bits per heavy atom. The fourth-order valence-electron chi connectivity index (χ4n) is 2.29. The van der Waals surface area contributed by atoms with Crippen molar-refractivity contribution < 1.29 is 13.6 Å². The van der Waals surface area contributed by atoms with Gasteiger partial charge in [-0.15, -0.1) is 0 Å². The molecule has 1 amide bonds. The second-order valence-corrected chi connectivity index (χ2v) is 5.44. The smallest absolute Gasteiger partial charge is 0.228 e. The van der Waals surface area contributed by atoms with E-state index in [1.165, 1.54) is 0 Å². The molecule has 0 aromatic carbocycles. The van der Waals surface area contributed by atoms with Crippen LogP contribution in [0.5, 0.6) is 0 Å². The first-order chi connectivity index (χ1) is 10.1. The standard InChI is InChI=1S/C16H22N2O3/c1-12(2)15(9-17)16(19)18(10-13-5-3-7-20-13)11-14-6-4-8-21-14/h3-8,12,15H,9-11,17H2,1-2H3. The lowest BCUT2D eigenvalue weighted by molar-refractivity contribution is -0.138. The molecule has 0 saturated heterocycles. The Balaban J connectivity index is 2.15. The van der Waals surface area contributed by atoms with E-state index in [0.717, 1.165) is 11.5 Å². The van der Waals surface area contributed by atoms with Crippen LogP contribution in [0.15, 0.2) is 45.6 Å². The predicted molar refractivity (Wildman–Crippen MR) is 79.1 cm³/mol. The van der Waals surface area contributed by atoms with Gasteiger partial charge >= 0.3 is 0 Å². The van der Waals surface area contributed by atoms with E-state index in [1.54, 1.807) is 17.4 Å². The summed E-state index contributed by atoms with van der Waals surface area (Å²) in [4.78, 5) is 14.5. The van der Waals surface area contributed by atoms with Gasteiger partial charge in [0.1, 0.15) is 11.5 Å². The topological polar surface area (TPSA) is 72.6 Å². The van der Waals surface area contributed by atoms with E-state index >= 15 is 0 Å². The molecule has 0 radical (unpaired) electrons. The molecule has 2 rings (SSSR count). The van der Waals surface area contributed by atoms with Gasteiger partial charge in [0.25, 0.3) is 0 Å². The van der Waals surface area contributed by atoms with E-state index in [9.17, 15) is 4.79 Å². The number of amides is 1. The molecule has 114 valence electrons. The molecule has 0 aliphatic rings. The summed E-state index contributed by atoms with van der Waals surface area (Å²) in [6, 6.07) is 7.34. The van der Waals surface area contributed by atoms with Gasteiger partial charge in [-0.05, 0) is 30.2 Å². The second kappa shape index (κ2) is 7.13. The summed E-state index contributed by atoms with van der Waals surface area (Å²) < 4.78 is 10.7. The molecule has 0 bridgehead atoms. The lowest BCUT2D eigenvalue weighted by Crippen LogP contribution is -2.40. The number of rotatable bonds is 7. The molecule has 0 spiro atoms. The van der Waals surface area contributed by atoms with E-state index in [2.05, 4.69) is 0 Å². The van der Waals surface area contributed by atoms with E-state index in [0.29, 0.717) is 19.6 Å². The molecule has 2 heterocycles. The van der Waals surface area contributed by atoms with Gasteiger partial charge in [0.15, 0.2) is 0 Å². The quantitative estimate of drug-likeness (QED) is 0.850. The zero-order valence-corrected chi connectivity index (χ0v) is 12.5. The van der Waals surface area contributed by atoms with Crippen molar-refractivity contribution in [3.8, 4) is 0 Å². The third-order valence-corrected chi connectivity index (χ3v) is 3.54. The molecule has 0 saturated carbocycles. The van der Waals surface area contributed by atoms with Crippen molar-refractivity contribution >= 4 is 5.91 Å². The zero-order chi connectivity index (χ0) is 15.2. The van der Waals surface area contributed by atoms with Crippen molar-refractivity contribution in [2.24, 2.45) is 17.6 Å². The lowest BCUT2D eigenvalue weighted by atomic mass is 9.94. The summed E-state index contributed by atoms with van der Waals surface area (Å²) in [5.74, 6) is 1.51. The van der Waals surface area contributed by atoms with Crippen LogP contribution in [0, 0.1) is 11.8 Å². The van der Waals surface area contributed by atoms with Crippen LogP contribution in [0.3, 0.4) is 0 Å². The van der Waals surface area contributed by atoms with Gasteiger partial charge < -0.3 is 19.5 Å². The van der Waals surface area contributed by atoms with E-state index in [-0.39, 0.29) is 17.7 Å². The Morgan fingerprint density at radius 1 is 1.14 bits per heavy atom. The molecule has 21 heavy (non-hydrogen) atoms. The van der Waals surface area contributed by atoms with Crippen molar-refractivity contribution in [2.75, 3.05) is 6.54 Å². The first-order valence-electron chi connectivity index (χ1n) is 7.15. The van der Waals surface area contributed by atoms with Crippen molar-refractivity contribution in [1.82, 2.24) is 4.90 Å². The number of hydrogen-bond donors (Lipinski definition) is 1. The van der Waals surface area contributed by atoms with E-state index < -0.39 is 0 Å². The van der Waals surface area contributed by atoms with E-state index in [4.69, 9.17) is 14.6 Å². The lowest BCUT2D eigenvalue weighted by Gasteiger charge is -2.27. The molecule has 1 unspecified atom stereocenters. The minimum absolute atomic E-state index is 0.0281. The number of nitrogens with zero attached hydrogens (tertiary/aromatic N) is 1. The fraction of sp³-hybridized carbons (Fsp3) is 0.438. The SMILES string of the molecule is CC(C)C(CN)C(=O)N(Cc1ccco1)Cc1ccco1. The van der Waals surface area contributed by atoms with Gasteiger partial charge in [-0.1, -0.05) is 13.8 Å². The third kappa shape index (κ3) is 3.98. The number of carbonyl (C=O) groups excluding carboxylic acids is 1. The fourth-order valence-corrected chi connectivity index (χ4v) is 2.29. The summed E-state index contributed by atoms with van der Waals surface area (Å²) >= 11 is 0. The molecule has 1 atom stereocenters. The average Bonchev–Trinajstić information content (AvgIpc) is 3.11. The van der Waals surface area contributed by atoms with Crippen molar-refractivity contribution in [1.29, 1.82) is 0 Å². The third-order valence-electron chi connectivity index (χ3n) is 3.54. The maximum Gasteiger partial charge on any atom is 0.228 e. The average molecular weight is 290 g/mol. The molecule has 5 nitrogen and oxygen atoms in total. The van der Waals surface area contributed by atoms with Gasteiger partial charge in [0.05, 0.1) is 31.5 Å². The minimum atomic E-state index is -0.199. The highest BCUT2D eigenvalue weighted by Crippen LogP contribution is 2.18. The number of furan rings is 2. The van der Waals surface area contributed by atoms with Gasteiger partial charge in [-0.2, -0.15) is 0 Å². The summed E-state index contributed by atoms with van der Waals surface area (Å²) in [7, 11) is 0. The first-order valence-corrected chi connectivity index (χ1v) is 7.15. The Kier molecular flexibility index (Phi) is 5.22. The van der Waals surface area contributed by atoms with Crippen molar-refractivity contribution in [3.05, 3.63) is 48.3 Å². The van der Waals surface area contributed by atoms with E-state index in [1.807, 2.05) is 38.1 Å². The van der Waals surface area contributed by atoms with Crippen LogP contribution in [-0.2, 0) is 17.9 Å². The normalized spacial score (nSPS) is 12.6. The molecule has 5 heteroatoms. The van der Waals surface area contributed by atoms with Crippen LogP contribution < -0.4 is 5.73 Å². The highest BCUT2D eigenvalue weighted by Gasteiger charge is 2.27. The van der Waals surface area contributed by atoms with Crippen LogP contribution in [-0.4, -0.2) is 17.4 Å². The largest absolute Gasteiger partial charge is 0.467 e. The van der Waals surface area contributed by atoms with Gasteiger partial charge in [-0.3, -0.25) is 4.79 Å². The molecular weight excluding hydrogens is 268 g/mol. The predicted octanol–water partition coefficient (Wildman–Crippen LogP) is 2.63. The minimum Gasteiger partial charge on any atom is -0.467 e. The number of carbonyl (C=O) groups is 1. The first kappa shape index (κ1) is 15.4. The molecular formula is C16H22N2O3. The van der Waals surface area contributed by atoms with Gasteiger partial charge in [0, 0.05) is 6.54 Å². The van der Waals surface area contributed by atoms with Crippen LogP contribution in [0.2, 0.25) is 0 Å². The Bertz CT molecular complexity index is 496. The molecule has 0 aliphatic carbocycles. The molecule has 0 fully saturated rings. The summed E-state index contributed by atoms with van der Waals surface area (Å²) in [5, 5.41) is 0. The zero-order valence-electron chi connectivity index (χ0n) is 12.5. The number of nitrogens with two attached hydrogens (primary N) is 1. The highest BCUT2D eigenvalue weighted by atomic mass is 16.3.